The van der Waals surface area contributed by atoms with Gasteiger partial charge in [0, 0.05) is 13.1 Å². The molecule has 2 N–H and O–H groups in total. The van der Waals surface area contributed by atoms with Crippen molar-refractivity contribution in [2.75, 3.05) is 6.54 Å². The highest BCUT2D eigenvalue weighted by atomic mass is 32.2. The zero-order valence-corrected chi connectivity index (χ0v) is 18.1. The number of thiophene rings is 1. The van der Waals surface area contributed by atoms with Gasteiger partial charge in [-0.1, -0.05) is 29.5 Å². The molecule has 7 nitrogen and oxygen atoms in total. The van der Waals surface area contributed by atoms with Crippen molar-refractivity contribution in [3.63, 3.8) is 0 Å². The highest BCUT2D eigenvalue weighted by molar-refractivity contribution is 8.00. The van der Waals surface area contributed by atoms with Gasteiger partial charge in [0.25, 0.3) is 0 Å². The van der Waals surface area contributed by atoms with Gasteiger partial charge in [0.05, 0.1) is 16.5 Å². The van der Waals surface area contributed by atoms with Crippen LogP contribution in [-0.2, 0) is 16.1 Å². The summed E-state index contributed by atoms with van der Waals surface area (Å²) in [6, 6.07) is 3.84. The molecule has 0 fully saturated rings. The van der Waals surface area contributed by atoms with Gasteiger partial charge in [-0.3, -0.25) is 9.59 Å². The highest BCUT2D eigenvalue weighted by Crippen LogP contribution is 2.29. The average Bonchev–Trinajstić information content (AvgIpc) is 3.36. The van der Waals surface area contributed by atoms with E-state index in [0.29, 0.717) is 17.5 Å². The molecule has 0 unspecified atom stereocenters. The lowest BCUT2D eigenvalue weighted by molar-refractivity contribution is -0.137. The van der Waals surface area contributed by atoms with Crippen molar-refractivity contribution in [3.05, 3.63) is 29.2 Å². The fraction of sp³-hybridized carbons (Fsp3) is 0.500. The van der Waals surface area contributed by atoms with Crippen molar-refractivity contribution in [3.8, 4) is 10.7 Å². The smallest absolute Gasteiger partial charge is 0.305 e. The molecule has 9 heteroatoms. The Hall–Kier alpha value is -2.13. The maximum Gasteiger partial charge on any atom is 0.305 e. The number of rotatable bonds is 10. The van der Waals surface area contributed by atoms with Crippen LogP contribution >= 0.6 is 23.1 Å². The number of hydrogen-bond acceptors (Lipinski definition) is 6. The number of nitrogens with one attached hydrogen (secondary N) is 1. The fourth-order valence-electron chi connectivity index (χ4n) is 3.21. The molecule has 2 heterocycles. The molecule has 1 aliphatic rings. The van der Waals surface area contributed by atoms with Gasteiger partial charge in [-0.25, -0.2) is 0 Å². The number of carboxylic acid groups (broad SMARTS) is 1. The van der Waals surface area contributed by atoms with Crippen molar-refractivity contribution in [1.82, 2.24) is 20.1 Å². The molecule has 0 spiro atoms. The topological polar surface area (TPSA) is 97.1 Å². The van der Waals surface area contributed by atoms with E-state index in [1.165, 1.54) is 41.5 Å². The van der Waals surface area contributed by atoms with E-state index in [9.17, 15) is 9.59 Å². The number of carboxylic acids is 1. The predicted octanol–water partition coefficient (Wildman–Crippen LogP) is 3.97. The van der Waals surface area contributed by atoms with E-state index < -0.39 is 5.97 Å². The summed E-state index contributed by atoms with van der Waals surface area (Å²) in [7, 11) is 0. The maximum atomic E-state index is 12.5. The first-order valence-corrected chi connectivity index (χ1v) is 11.6. The largest absolute Gasteiger partial charge is 0.481 e. The standard InChI is InChI=1S/C20H26N4O3S2/c1-14(19(27)21-11-9-15-6-3-2-4-7-15)29-20-23-22-18(16-8-5-13-28-16)24(20)12-10-17(25)26/h5-6,8,13-14H,2-4,7,9-12H2,1H3,(H,21,27)(H,25,26)/t14-/m0/s1. The number of aliphatic carboxylic acids is 1. The normalized spacial score (nSPS) is 15.0. The van der Waals surface area contributed by atoms with Crippen LogP contribution in [0.4, 0.5) is 0 Å². The van der Waals surface area contributed by atoms with E-state index in [-0.39, 0.29) is 24.1 Å². The first-order chi connectivity index (χ1) is 14.0. The summed E-state index contributed by atoms with van der Waals surface area (Å²) in [6.07, 6.45) is 7.96. The number of nitrogens with zero attached hydrogens (tertiary/aromatic N) is 3. The van der Waals surface area contributed by atoms with Crippen molar-refractivity contribution >= 4 is 35.0 Å². The number of carbonyl (C=O) groups is 2. The third kappa shape index (κ3) is 6.17. The Morgan fingerprint density at radius 2 is 2.24 bits per heavy atom. The van der Waals surface area contributed by atoms with Gasteiger partial charge in [0.2, 0.25) is 5.91 Å². The van der Waals surface area contributed by atoms with Gasteiger partial charge in [-0.2, -0.15) is 0 Å². The Balaban J connectivity index is 1.61. The molecule has 1 aliphatic carbocycles. The Labute approximate surface area is 178 Å². The molecule has 0 aromatic carbocycles. The fourth-order valence-corrected chi connectivity index (χ4v) is 4.82. The van der Waals surface area contributed by atoms with Crippen LogP contribution in [0.1, 0.15) is 45.4 Å². The van der Waals surface area contributed by atoms with Crippen LogP contribution in [0.25, 0.3) is 10.7 Å². The minimum absolute atomic E-state index is 0.0281. The SMILES string of the molecule is C[C@H](Sc1nnc(-c2cccs2)n1CCC(=O)O)C(=O)NCCC1=CCCCC1. The quantitative estimate of drug-likeness (QED) is 0.434. The van der Waals surface area contributed by atoms with Crippen molar-refractivity contribution < 1.29 is 14.7 Å². The summed E-state index contributed by atoms with van der Waals surface area (Å²) in [5.74, 6) is -0.285. The predicted molar refractivity (Wildman–Crippen MR) is 115 cm³/mol. The van der Waals surface area contributed by atoms with Gasteiger partial charge in [-0.15, -0.1) is 21.5 Å². The van der Waals surface area contributed by atoms with Crippen LogP contribution < -0.4 is 5.32 Å². The molecule has 1 amide bonds. The Kier molecular flexibility index (Phi) is 7.88. The number of allylic oxidation sites excluding steroid dienone is 1. The minimum atomic E-state index is -0.880. The van der Waals surface area contributed by atoms with E-state index in [1.807, 2.05) is 24.4 Å². The van der Waals surface area contributed by atoms with Crippen LogP contribution in [0.5, 0.6) is 0 Å². The van der Waals surface area contributed by atoms with E-state index in [4.69, 9.17) is 5.11 Å². The molecule has 0 saturated heterocycles. The summed E-state index contributed by atoms with van der Waals surface area (Å²) in [5.41, 5.74) is 1.44. The number of aromatic nitrogens is 3. The third-order valence-electron chi connectivity index (χ3n) is 4.79. The van der Waals surface area contributed by atoms with Crippen molar-refractivity contribution in [2.45, 2.75) is 62.4 Å². The molecule has 1 atom stereocenters. The zero-order valence-electron chi connectivity index (χ0n) is 16.5. The van der Waals surface area contributed by atoms with Gasteiger partial charge in [0.15, 0.2) is 11.0 Å². The molecule has 156 valence electrons. The van der Waals surface area contributed by atoms with E-state index in [2.05, 4.69) is 21.6 Å². The number of amides is 1. The summed E-state index contributed by atoms with van der Waals surface area (Å²) < 4.78 is 1.79. The first kappa shape index (κ1) is 21.6. The molecule has 29 heavy (non-hydrogen) atoms. The van der Waals surface area contributed by atoms with Gasteiger partial charge >= 0.3 is 5.97 Å². The summed E-state index contributed by atoms with van der Waals surface area (Å²) in [4.78, 5) is 24.5. The molecule has 0 bridgehead atoms. The highest BCUT2D eigenvalue weighted by Gasteiger charge is 2.21. The molecule has 2 aromatic heterocycles. The number of carbonyl (C=O) groups excluding carboxylic acids is 1. The van der Waals surface area contributed by atoms with Crippen LogP contribution in [0.3, 0.4) is 0 Å². The number of thioether (sulfide) groups is 1. The van der Waals surface area contributed by atoms with E-state index in [1.54, 1.807) is 4.57 Å². The van der Waals surface area contributed by atoms with Crippen LogP contribution in [0.15, 0.2) is 34.3 Å². The second kappa shape index (κ2) is 10.6. The summed E-state index contributed by atoms with van der Waals surface area (Å²) in [5, 5.41) is 22.7. The molecule has 3 rings (SSSR count). The molecular formula is C20H26N4O3S2. The van der Waals surface area contributed by atoms with Crippen LogP contribution in [0.2, 0.25) is 0 Å². The molecule has 0 aliphatic heterocycles. The van der Waals surface area contributed by atoms with E-state index >= 15 is 0 Å². The monoisotopic (exact) mass is 434 g/mol. The Morgan fingerprint density at radius 1 is 1.38 bits per heavy atom. The Morgan fingerprint density at radius 3 is 2.93 bits per heavy atom. The van der Waals surface area contributed by atoms with Crippen molar-refractivity contribution in [2.24, 2.45) is 0 Å². The van der Waals surface area contributed by atoms with Gasteiger partial charge < -0.3 is 15.0 Å². The summed E-state index contributed by atoms with van der Waals surface area (Å²) in [6.45, 7) is 2.74. The summed E-state index contributed by atoms with van der Waals surface area (Å²) >= 11 is 2.83. The zero-order chi connectivity index (χ0) is 20.6. The van der Waals surface area contributed by atoms with E-state index in [0.717, 1.165) is 24.1 Å². The van der Waals surface area contributed by atoms with Gasteiger partial charge in [0.1, 0.15) is 0 Å². The van der Waals surface area contributed by atoms with Crippen LogP contribution in [-0.4, -0.2) is 43.5 Å². The number of hydrogen-bond donors (Lipinski definition) is 2. The average molecular weight is 435 g/mol. The van der Waals surface area contributed by atoms with Crippen molar-refractivity contribution in [1.29, 1.82) is 0 Å². The lowest BCUT2D eigenvalue weighted by Gasteiger charge is -2.15. The molecule has 0 saturated carbocycles. The first-order valence-electron chi connectivity index (χ1n) is 9.85. The van der Waals surface area contributed by atoms with Gasteiger partial charge in [-0.05, 0) is 50.5 Å². The minimum Gasteiger partial charge on any atom is -0.481 e. The lowest BCUT2D eigenvalue weighted by Crippen LogP contribution is -2.32. The Bertz CT molecular complexity index is 861. The molecule has 0 radical (unpaired) electrons. The maximum absolute atomic E-state index is 12.5. The molecular weight excluding hydrogens is 408 g/mol. The second-order valence-corrected chi connectivity index (χ2v) is 9.24. The van der Waals surface area contributed by atoms with Crippen LogP contribution in [0, 0.1) is 0 Å². The second-order valence-electron chi connectivity index (χ2n) is 6.99. The molecule has 2 aromatic rings. The third-order valence-corrected chi connectivity index (χ3v) is 6.74. The lowest BCUT2D eigenvalue weighted by atomic mass is 9.97.